The van der Waals surface area contributed by atoms with Crippen molar-refractivity contribution in [2.24, 2.45) is 0 Å². The summed E-state index contributed by atoms with van der Waals surface area (Å²) in [6, 6.07) is 5.79. The number of carbonyl (C=O) groups is 1. The lowest BCUT2D eigenvalue weighted by molar-refractivity contribution is -0.384. The van der Waals surface area contributed by atoms with Crippen LogP contribution in [0.3, 0.4) is 0 Å². The van der Waals surface area contributed by atoms with Gasteiger partial charge in [0, 0.05) is 24.3 Å². The summed E-state index contributed by atoms with van der Waals surface area (Å²) in [5, 5.41) is 22.4. The summed E-state index contributed by atoms with van der Waals surface area (Å²) >= 11 is 0. The van der Waals surface area contributed by atoms with Crippen LogP contribution in [0.4, 0.5) is 5.69 Å². The van der Waals surface area contributed by atoms with Crippen LogP contribution in [0, 0.1) is 10.1 Å². The zero-order valence-corrected chi connectivity index (χ0v) is 11.4. The van der Waals surface area contributed by atoms with Gasteiger partial charge in [0.1, 0.15) is 0 Å². The smallest absolute Gasteiger partial charge is 0.269 e. The van der Waals surface area contributed by atoms with Crippen molar-refractivity contribution in [1.29, 1.82) is 0 Å². The highest BCUT2D eigenvalue weighted by Gasteiger charge is 2.07. The first-order valence-corrected chi connectivity index (χ1v) is 6.29. The number of hydrogen-bond donors (Lipinski definition) is 2. The van der Waals surface area contributed by atoms with Crippen molar-refractivity contribution < 1.29 is 14.8 Å². The molecule has 0 aliphatic rings. The highest BCUT2D eigenvalue weighted by atomic mass is 16.6. The zero-order valence-electron chi connectivity index (χ0n) is 11.4. The third kappa shape index (κ3) is 5.62. The average Bonchev–Trinajstić information content (AvgIpc) is 2.35. The predicted molar refractivity (Wildman–Crippen MR) is 76.0 cm³/mol. The van der Waals surface area contributed by atoms with E-state index in [1.165, 1.54) is 18.2 Å². The Kier molecular flexibility index (Phi) is 5.86. The number of aliphatic hydroxyl groups is 1. The first kappa shape index (κ1) is 15.8. The molecule has 0 fully saturated rings. The summed E-state index contributed by atoms with van der Waals surface area (Å²) in [6.07, 6.45) is 2.95. The summed E-state index contributed by atoms with van der Waals surface area (Å²) < 4.78 is 0. The fourth-order valence-corrected chi connectivity index (χ4v) is 1.74. The molecule has 2 unspecified atom stereocenters. The van der Waals surface area contributed by atoms with E-state index in [2.05, 4.69) is 5.32 Å². The molecule has 0 heterocycles. The Bertz CT molecular complexity index is 494. The van der Waals surface area contributed by atoms with Crippen molar-refractivity contribution in [2.75, 3.05) is 0 Å². The molecule has 0 spiro atoms. The summed E-state index contributed by atoms with van der Waals surface area (Å²) in [6.45, 7) is 3.47. The molecule has 0 aromatic heterocycles. The van der Waals surface area contributed by atoms with Crippen molar-refractivity contribution in [3.63, 3.8) is 0 Å². The molecule has 1 amide bonds. The van der Waals surface area contributed by atoms with Crippen LogP contribution in [0.1, 0.15) is 25.8 Å². The normalized spacial score (nSPS) is 13.9. The predicted octanol–water partition coefficient (Wildman–Crippen LogP) is 1.88. The summed E-state index contributed by atoms with van der Waals surface area (Å²) in [4.78, 5) is 21.6. The number of carbonyl (C=O) groups excluding carboxylic acids is 1. The first-order chi connectivity index (χ1) is 9.38. The number of nitrogens with zero attached hydrogens (tertiary/aromatic N) is 1. The van der Waals surface area contributed by atoms with Gasteiger partial charge in [0.2, 0.25) is 5.91 Å². The number of aliphatic hydroxyl groups excluding tert-OH is 1. The van der Waals surface area contributed by atoms with Crippen molar-refractivity contribution in [3.05, 3.63) is 46.0 Å². The maximum Gasteiger partial charge on any atom is 0.269 e. The van der Waals surface area contributed by atoms with Gasteiger partial charge < -0.3 is 10.4 Å². The molecule has 6 heteroatoms. The van der Waals surface area contributed by atoms with Crippen molar-refractivity contribution >= 4 is 17.7 Å². The van der Waals surface area contributed by atoms with Gasteiger partial charge >= 0.3 is 0 Å². The molecule has 0 aliphatic heterocycles. The van der Waals surface area contributed by atoms with Crippen LogP contribution in [0.2, 0.25) is 0 Å². The van der Waals surface area contributed by atoms with Gasteiger partial charge in [-0.2, -0.15) is 0 Å². The number of hydrogen-bond acceptors (Lipinski definition) is 4. The highest BCUT2D eigenvalue weighted by molar-refractivity contribution is 5.91. The van der Waals surface area contributed by atoms with Crippen LogP contribution < -0.4 is 5.32 Å². The van der Waals surface area contributed by atoms with E-state index in [1.807, 2.05) is 6.92 Å². The fourth-order valence-electron chi connectivity index (χ4n) is 1.74. The minimum absolute atomic E-state index is 0.0113. The second-order valence-corrected chi connectivity index (χ2v) is 4.68. The molecule has 2 atom stereocenters. The molecule has 0 saturated carbocycles. The molecule has 0 radical (unpaired) electrons. The molecule has 1 aromatic rings. The lowest BCUT2D eigenvalue weighted by atomic mass is 10.1. The van der Waals surface area contributed by atoms with Crippen molar-refractivity contribution in [2.45, 2.75) is 32.4 Å². The maximum absolute atomic E-state index is 11.6. The Morgan fingerprint density at radius 3 is 2.50 bits per heavy atom. The van der Waals surface area contributed by atoms with Crippen LogP contribution >= 0.6 is 0 Å². The standard InChI is InChI=1S/C14H18N2O4/c1-10(9-11(2)17)15-14(18)8-5-12-3-6-13(7-4-12)16(19)20/h3-8,10-11,17H,9H2,1-2H3,(H,15,18)/b8-5+. The molecular weight excluding hydrogens is 260 g/mol. The van der Waals surface area contributed by atoms with Crippen LogP contribution in [0.15, 0.2) is 30.3 Å². The molecule has 2 N–H and O–H groups in total. The molecule has 1 aromatic carbocycles. The van der Waals surface area contributed by atoms with Gasteiger partial charge in [-0.05, 0) is 44.0 Å². The van der Waals surface area contributed by atoms with Gasteiger partial charge in [-0.25, -0.2) is 0 Å². The van der Waals surface area contributed by atoms with Gasteiger partial charge in [-0.15, -0.1) is 0 Å². The minimum Gasteiger partial charge on any atom is -0.393 e. The summed E-state index contributed by atoms with van der Waals surface area (Å²) in [5.41, 5.74) is 0.714. The largest absolute Gasteiger partial charge is 0.393 e. The van der Waals surface area contributed by atoms with E-state index in [9.17, 15) is 20.0 Å². The van der Waals surface area contributed by atoms with E-state index in [1.54, 1.807) is 25.1 Å². The van der Waals surface area contributed by atoms with Crippen LogP contribution in [0.25, 0.3) is 6.08 Å². The van der Waals surface area contributed by atoms with E-state index in [0.29, 0.717) is 12.0 Å². The van der Waals surface area contributed by atoms with Crippen LogP contribution in [0.5, 0.6) is 0 Å². The van der Waals surface area contributed by atoms with E-state index >= 15 is 0 Å². The topological polar surface area (TPSA) is 92.5 Å². The molecule has 6 nitrogen and oxygen atoms in total. The lowest BCUT2D eigenvalue weighted by Crippen LogP contribution is -2.33. The number of amides is 1. The zero-order chi connectivity index (χ0) is 15.1. The van der Waals surface area contributed by atoms with Crippen molar-refractivity contribution in [1.82, 2.24) is 5.32 Å². The monoisotopic (exact) mass is 278 g/mol. The van der Waals surface area contributed by atoms with E-state index in [-0.39, 0.29) is 17.6 Å². The molecule has 0 aliphatic carbocycles. The second kappa shape index (κ2) is 7.40. The van der Waals surface area contributed by atoms with E-state index in [0.717, 1.165) is 0 Å². The van der Waals surface area contributed by atoms with Gasteiger partial charge in [-0.3, -0.25) is 14.9 Å². The molecule has 0 saturated heterocycles. The quantitative estimate of drug-likeness (QED) is 0.472. The van der Waals surface area contributed by atoms with E-state index < -0.39 is 11.0 Å². The summed E-state index contributed by atoms with van der Waals surface area (Å²) in [5.74, 6) is -0.267. The van der Waals surface area contributed by atoms with Gasteiger partial charge in [0.05, 0.1) is 11.0 Å². The Morgan fingerprint density at radius 1 is 1.40 bits per heavy atom. The number of nitrogens with one attached hydrogen (secondary N) is 1. The number of benzene rings is 1. The fraction of sp³-hybridized carbons (Fsp3) is 0.357. The average molecular weight is 278 g/mol. The molecular formula is C14H18N2O4. The van der Waals surface area contributed by atoms with Gasteiger partial charge in [0.15, 0.2) is 0 Å². The molecule has 0 bridgehead atoms. The second-order valence-electron chi connectivity index (χ2n) is 4.68. The third-order valence-electron chi connectivity index (χ3n) is 2.61. The SMILES string of the molecule is CC(O)CC(C)NC(=O)/C=C/c1ccc([N+](=O)[O-])cc1. The number of non-ortho nitro benzene ring substituents is 1. The third-order valence-corrected chi connectivity index (χ3v) is 2.61. The number of nitro benzene ring substituents is 1. The van der Waals surface area contributed by atoms with Crippen molar-refractivity contribution in [3.8, 4) is 0 Å². The Hall–Kier alpha value is -2.21. The Balaban J connectivity index is 2.54. The number of nitro groups is 1. The molecule has 20 heavy (non-hydrogen) atoms. The highest BCUT2D eigenvalue weighted by Crippen LogP contribution is 2.12. The van der Waals surface area contributed by atoms with Gasteiger partial charge in [0.25, 0.3) is 5.69 Å². The van der Waals surface area contributed by atoms with E-state index in [4.69, 9.17) is 0 Å². The van der Waals surface area contributed by atoms with Crippen LogP contribution in [-0.4, -0.2) is 28.1 Å². The Morgan fingerprint density at radius 2 is 2.00 bits per heavy atom. The number of rotatable bonds is 6. The first-order valence-electron chi connectivity index (χ1n) is 6.29. The summed E-state index contributed by atoms with van der Waals surface area (Å²) in [7, 11) is 0. The Labute approximate surface area is 117 Å². The van der Waals surface area contributed by atoms with Gasteiger partial charge in [-0.1, -0.05) is 0 Å². The minimum atomic E-state index is -0.474. The van der Waals surface area contributed by atoms with Crippen LogP contribution in [-0.2, 0) is 4.79 Å². The molecule has 1 rings (SSSR count). The maximum atomic E-state index is 11.6. The lowest BCUT2D eigenvalue weighted by Gasteiger charge is -2.13. The molecule has 108 valence electrons.